The van der Waals surface area contributed by atoms with Gasteiger partial charge in [0, 0.05) is 38.1 Å². The van der Waals surface area contributed by atoms with Crippen LogP contribution in [-0.2, 0) is 9.53 Å². The van der Waals surface area contributed by atoms with Crippen LogP contribution < -0.4 is 10.6 Å². The second-order valence-electron chi connectivity index (χ2n) is 8.68. The number of amides is 1. The van der Waals surface area contributed by atoms with Crippen LogP contribution in [0.15, 0.2) is 35.3 Å². The third kappa shape index (κ3) is 4.26. The Morgan fingerprint density at radius 3 is 2.66 bits per heavy atom. The first-order valence-corrected chi connectivity index (χ1v) is 10.5. The summed E-state index contributed by atoms with van der Waals surface area (Å²) in [7, 11) is 3.53. The third-order valence-corrected chi connectivity index (χ3v) is 6.85. The highest BCUT2D eigenvalue weighted by Gasteiger charge is 2.66. The van der Waals surface area contributed by atoms with Crippen molar-refractivity contribution in [2.45, 2.75) is 50.8 Å². The van der Waals surface area contributed by atoms with E-state index in [1.54, 1.807) is 19.0 Å². The maximum absolute atomic E-state index is 12.1. The Hall–Kier alpha value is -1.35. The molecule has 1 amide bonds. The number of guanidine groups is 1. The van der Waals surface area contributed by atoms with Crippen molar-refractivity contribution in [2.24, 2.45) is 16.3 Å². The number of nitrogens with zero attached hydrogens (tertiary/aromatic N) is 2. The van der Waals surface area contributed by atoms with Gasteiger partial charge in [0.1, 0.15) is 6.54 Å². The highest BCUT2D eigenvalue weighted by atomic mass is 127. The number of benzene rings is 1. The van der Waals surface area contributed by atoms with Crippen molar-refractivity contribution in [3.8, 4) is 0 Å². The lowest BCUT2D eigenvalue weighted by molar-refractivity contribution is -0.171. The molecule has 2 saturated carbocycles. The molecule has 1 spiro atoms. The van der Waals surface area contributed by atoms with Crippen LogP contribution in [0.3, 0.4) is 0 Å². The molecule has 3 aliphatic rings. The molecule has 0 bridgehead atoms. The Morgan fingerprint density at radius 2 is 2.03 bits per heavy atom. The molecule has 1 aliphatic heterocycles. The molecule has 1 aromatic carbocycles. The smallest absolute Gasteiger partial charge is 0.243 e. The van der Waals surface area contributed by atoms with Crippen LogP contribution in [0.2, 0.25) is 0 Å². The van der Waals surface area contributed by atoms with Crippen LogP contribution in [-0.4, -0.2) is 56.2 Å². The SMILES string of the molecule is CC(NC(=NCC(=O)N(C)C)NC1C2CCOC2C12CCC2)c1ccccc1.I. The number of carbonyl (C=O) groups excluding carboxylic acids is 1. The summed E-state index contributed by atoms with van der Waals surface area (Å²) in [5.74, 6) is 1.29. The number of nitrogens with one attached hydrogen (secondary N) is 2. The summed E-state index contributed by atoms with van der Waals surface area (Å²) in [5.41, 5.74) is 1.47. The highest BCUT2D eigenvalue weighted by Crippen LogP contribution is 2.62. The van der Waals surface area contributed by atoms with E-state index in [1.807, 2.05) is 18.2 Å². The molecular formula is C22H33IN4O2. The predicted octanol–water partition coefficient (Wildman–Crippen LogP) is 2.95. The molecule has 7 heteroatoms. The van der Waals surface area contributed by atoms with Gasteiger partial charge in [0.15, 0.2) is 5.96 Å². The Balaban J connectivity index is 0.00000240. The number of hydrogen-bond acceptors (Lipinski definition) is 3. The Kier molecular flexibility index (Phi) is 7.09. The fourth-order valence-electron chi connectivity index (χ4n) is 5.05. The van der Waals surface area contributed by atoms with Gasteiger partial charge in [-0.3, -0.25) is 4.79 Å². The number of ether oxygens (including phenoxy) is 1. The van der Waals surface area contributed by atoms with Crippen LogP contribution in [0.4, 0.5) is 0 Å². The Morgan fingerprint density at radius 1 is 1.31 bits per heavy atom. The van der Waals surface area contributed by atoms with Crippen molar-refractivity contribution in [1.82, 2.24) is 15.5 Å². The van der Waals surface area contributed by atoms with E-state index in [2.05, 4.69) is 34.7 Å². The topological polar surface area (TPSA) is 66.0 Å². The zero-order valence-electron chi connectivity index (χ0n) is 17.6. The Bertz CT molecular complexity index is 736. The fraction of sp³-hybridized carbons (Fsp3) is 0.636. The van der Waals surface area contributed by atoms with Gasteiger partial charge >= 0.3 is 0 Å². The Labute approximate surface area is 190 Å². The standard InChI is InChI=1S/C22H32N4O2.HI/c1-15(16-8-5-4-6-9-16)24-21(23-14-18(27)26(2)3)25-19-17-10-13-28-20(17)22(19)11-7-12-22;/h4-6,8-9,15,17,19-20H,7,10-14H2,1-3H3,(H2,23,24,25);1H. The van der Waals surface area contributed by atoms with Crippen molar-refractivity contribution in [3.05, 3.63) is 35.9 Å². The molecule has 1 aromatic rings. The summed E-state index contributed by atoms with van der Waals surface area (Å²) in [6.45, 7) is 3.14. The predicted molar refractivity (Wildman–Crippen MR) is 125 cm³/mol. The van der Waals surface area contributed by atoms with Gasteiger partial charge in [0.05, 0.1) is 12.1 Å². The molecule has 1 saturated heterocycles. The number of fused-ring (bicyclic) bond motifs is 2. The van der Waals surface area contributed by atoms with Crippen molar-refractivity contribution in [2.75, 3.05) is 27.2 Å². The van der Waals surface area contributed by atoms with Crippen LogP contribution in [0.5, 0.6) is 0 Å². The molecule has 3 fully saturated rings. The van der Waals surface area contributed by atoms with Crippen LogP contribution >= 0.6 is 24.0 Å². The number of carbonyl (C=O) groups is 1. The quantitative estimate of drug-likeness (QED) is 0.362. The number of aliphatic imine (C=N–C) groups is 1. The maximum atomic E-state index is 12.1. The lowest BCUT2D eigenvalue weighted by Crippen LogP contribution is -2.72. The number of rotatable bonds is 5. The summed E-state index contributed by atoms with van der Waals surface area (Å²) in [5, 5.41) is 7.22. The molecule has 0 radical (unpaired) electrons. The minimum Gasteiger partial charge on any atom is -0.377 e. The monoisotopic (exact) mass is 512 g/mol. The second kappa shape index (κ2) is 9.20. The van der Waals surface area contributed by atoms with E-state index in [4.69, 9.17) is 4.74 Å². The lowest BCUT2D eigenvalue weighted by atomic mass is 9.46. The maximum Gasteiger partial charge on any atom is 0.243 e. The average molecular weight is 512 g/mol. The van der Waals surface area contributed by atoms with E-state index < -0.39 is 0 Å². The summed E-state index contributed by atoms with van der Waals surface area (Å²) >= 11 is 0. The first-order chi connectivity index (χ1) is 13.5. The zero-order chi connectivity index (χ0) is 19.7. The van der Waals surface area contributed by atoms with Gasteiger partial charge in [0.25, 0.3) is 0 Å². The first kappa shape index (κ1) is 22.3. The summed E-state index contributed by atoms with van der Waals surface area (Å²) in [4.78, 5) is 18.3. The first-order valence-electron chi connectivity index (χ1n) is 10.5. The molecule has 2 aliphatic carbocycles. The molecule has 4 rings (SSSR count). The average Bonchev–Trinajstić information content (AvgIpc) is 3.07. The van der Waals surface area contributed by atoms with Gasteiger partial charge < -0.3 is 20.3 Å². The molecule has 0 aromatic heterocycles. The minimum atomic E-state index is 0. The van der Waals surface area contributed by atoms with Gasteiger partial charge in [-0.05, 0) is 31.7 Å². The minimum absolute atomic E-state index is 0. The fourth-order valence-corrected chi connectivity index (χ4v) is 5.05. The van der Waals surface area contributed by atoms with Gasteiger partial charge in [0.2, 0.25) is 5.91 Å². The van der Waals surface area contributed by atoms with Crippen molar-refractivity contribution in [3.63, 3.8) is 0 Å². The van der Waals surface area contributed by atoms with E-state index in [0.29, 0.717) is 18.1 Å². The van der Waals surface area contributed by atoms with Crippen LogP contribution in [0, 0.1) is 11.3 Å². The van der Waals surface area contributed by atoms with Crippen LogP contribution in [0.1, 0.15) is 44.2 Å². The molecule has 2 N–H and O–H groups in total. The third-order valence-electron chi connectivity index (χ3n) is 6.85. The summed E-state index contributed by atoms with van der Waals surface area (Å²) in [6, 6.07) is 10.8. The molecule has 29 heavy (non-hydrogen) atoms. The summed E-state index contributed by atoms with van der Waals surface area (Å²) < 4.78 is 6.04. The zero-order valence-corrected chi connectivity index (χ0v) is 19.9. The molecule has 1 heterocycles. The lowest BCUT2D eigenvalue weighted by Gasteiger charge is -2.63. The van der Waals surface area contributed by atoms with E-state index in [9.17, 15) is 4.79 Å². The van der Waals surface area contributed by atoms with E-state index in [-0.39, 0.29) is 47.9 Å². The molecule has 4 unspecified atom stereocenters. The molecular weight excluding hydrogens is 479 g/mol. The number of likely N-dealkylation sites (N-methyl/N-ethyl adjacent to an activating group) is 1. The van der Waals surface area contributed by atoms with Crippen molar-refractivity contribution >= 4 is 35.8 Å². The van der Waals surface area contributed by atoms with Gasteiger partial charge in [-0.1, -0.05) is 36.8 Å². The molecule has 4 atom stereocenters. The van der Waals surface area contributed by atoms with E-state index in [0.717, 1.165) is 19.0 Å². The molecule has 6 nitrogen and oxygen atoms in total. The number of hydrogen-bond donors (Lipinski definition) is 2. The van der Waals surface area contributed by atoms with Crippen molar-refractivity contribution in [1.29, 1.82) is 0 Å². The van der Waals surface area contributed by atoms with Gasteiger partial charge in [-0.25, -0.2) is 4.99 Å². The van der Waals surface area contributed by atoms with E-state index >= 15 is 0 Å². The van der Waals surface area contributed by atoms with Crippen molar-refractivity contribution < 1.29 is 9.53 Å². The summed E-state index contributed by atoms with van der Waals surface area (Å²) in [6.07, 6.45) is 5.26. The second-order valence-corrected chi connectivity index (χ2v) is 8.68. The highest BCUT2D eigenvalue weighted by molar-refractivity contribution is 14.0. The van der Waals surface area contributed by atoms with Crippen LogP contribution in [0.25, 0.3) is 0 Å². The van der Waals surface area contributed by atoms with Gasteiger partial charge in [-0.2, -0.15) is 0 Å². The number of halogens is 1. The molecule has 160 valence electrons. The van der Waals surface area contributed by atoms with Gasteiger partial charge in [-0.15, -0.1) is 24.0 Å². The van der Waals surface area contributed by atoms with E-state index in [1.165, 1.54) is 24.8 Å². The largest absolute Gasteiger partial charge is 0.377 e. The normalized spacial score (nSPS) is 27.7.